The molecule has 3 aliphatic heterocycles. The van der Waals surface area contributed by atoms with E-state index in [-0.39, 0.29) is 34.9 Å². The number of nitrogens with one attached hydrogen (secondary N) is 1. The molecule has 1 saturated carbocycles. The number of carbonyl (C=O) groups is 4. The Morgan fingerprint density at radius 2 is 1.52 bits per heavy atom. The molecule has 1 aliphatic carbocycles. The van der Waals surface area contributed by atoms with Crippen LogP contribution in [0, 0.1) is 17.7 Å². The predicted octanol–water partition coefficient (Wildman–Crippen LogP) is 4.20. The molecule has 3 fully saturated rings. The number of rotatable bonds is 6. The van der Waals surface area contributed by atoms with Gasteiger partial charge in [0.2, 0.25) is 12.1 Å². The van der Waals surface area contributed by atoms with E-state index in [1.165, 1.54) is 42.3 Å². The fourth-order valence-electron chi connectivity index (χ4n) is 6.40. The molecule has 226 valence electrons. The summed E-state index contributed by atoms with van der Waals surface area (Å²) in [6.07, 6.45) is 2.92. The average Bonchev–Trinajstić information content (AvgIpc) is 3.44. The van der Waals surface area contributed by atoms with E-state index in [1.807, 2.05) is 4.90 Å². The van der Waals surface area contributed by atoms with E-state index in [2.05, 4.69) is 10.3 Å². The van der Waals surface area contributed by atoms with Gasteiger partial charge in [0.05, 0.1) is 24.1 Å². The first kappa shape index (κ1) is 29.2. The minimum Gasteiger partial charge on any atom is -0.465 e. The monoisotopic (exact) mass is 596 g/mol. The van der Waals surface area contributed by atoms with Gasteiger partial charge in [-0.1, -0.05) is 36.4 Å². The van der Waals surface area contributed by atoms with Gasteiger partial charge in [0, 0.05) is 29.8 Å². The number of esters is 1. The highest BCUT2D eigenvalue weighted by Crippen LogP contribution is 2.34. The molecular formula is C34H33FN4O5. The van der Waals surface area contributed by atoms with Crippen molar-refractivity contribution in [3.8, 4) is 0 Å². The topological polar surface area (TPSA) is 108 Å². The van der Waals surface area contributed by atoms with E-state index >= 15 is 4.39 Å². The van der Waals surface area contributed by atoms with Crippen molar-refractivity contribution in [1.29, 1.82) is 0 Å². The standard InChI is InChI=1S/C34H33FN4O5/c1-44-34(43)24-8-6-7-23(17-24)32(41)37-31-33(42)39(20-29(40)38-18-21-13-14-22(19-38)16-15-21)28-12-5-3-10-26(28)30(36-31)25-9-2-4-11-27(25)35/h2-12,17,21-22,31H,13-16,18-20H2,1H3,(H,37,41)/t21?,22?,31-/m1/s1. The highest BCUT2D eigenvalue weighted by Gasteiger charge is 2.37. The van der Waals surface area contributed by atoms with Gasteiger partial charge in [-0.15, -0.1) is 0 Å². The van der Waals surface area contributed by atoms with Crippen molar-refractivity contribution in [3.63, 3.8) is 0 Å². The second kappa shape index (κ2) is 12.4. The molecule has 7 rings (SSSR count). The third-order valence-corrected chi connectivity index (χ3v) is 8.72. The summed E-state index contributed by atoms with van der Waals surface area (Å²) < 4.78 is 20.0. The molecule has 1 N–H and O–H groups in total. The quantitative estimate of drug-likeness (QED) is 0.429. The number of benzene rings is 3. The Morgan fingerprint density at radius 1 is 0.886 bits per heavy atom. The summed E-state index contributed by atoms with van der Waals surface area (Å²) in [6, 6.07) is 18.9. The number of benzodiazepines with no additional fused rings is 1. The lowest BCUT2D eigenvalue weighted by molar-refractivity contribution is -0.132. The predicted molar refractivity (Wildman–Crippen MR) is 162 cm³/mol. The number of amides is 3. The number of para-hydroxylation sites is 1. The zero-order valence-corrected chi connectivity index (χ0v) is 24.4. The number of hydrogen-bond acceptors (Lipinski definition) is 6. The van der Waals surface area contributed by atoms with Gasteiger partial charge in [0.25, 0.3) is 11.8 Å². The Labute approximate surface area is 254 Å². The minimum absolute atomic E-state index is 0.104. The first-order valence-electron chi connectivity index (χ1n) is 14.8. The molecule has 0 unspecified atom stereocenters. The summed E-state index contributed by atoms with van der Waals surface area (Å²) in [5.74, 6) is -1.75. The van der Waals surface area contributed by atoms with E-state index < -0.39 is 29.8 Å². The number of fused-ring (bicyclic) bond motifs is 5. The molecule has 0 aromatic heterocycles. The summed E-state index contributed by atoms with van der Waals surface area (Å²) in [5, 5.41) is 2.66. The molecule has 0 radical (unpaired) electrons. The number of carbonyl (C=O) groups excluding carboxylic acids is 4. The van der Waals surface area contributed by atoms with Crippen LogP contribution >= 0.6 is 0 Å². The van der Waals surface area contributed by atoms with Gasteiger partial charge in [-0.2, -0.15) is 0 Å². The number of nitrogens with zero attached hydrogens (tertiary/aromatic N) is 3. The smallest absolute Gasteiger partial charge is 0.337 e. The van der Waals surface area contributed by atoms with Crippen LogP contribution in [0.5, 0.6) is 0 Å². The van der Waals surface area contributed by atoms with E-state index in [1.54, 1.807) is 42.5 Å². The molecule has 4 aliphatic rings. The zero-order valence-electron chi connectivity index (χ0n) is 24.4. The molecule has 10 heteroatoms. The summed E-state index contributed by atoms with van der Waals surface area (Å²) in [4.78, 5) is 61.4. The maximum Gasteiger partial charge on any atom is 0.337 e. The number of aliphatic imine (C=N–C) groups is 1. The lowest BCUT2D eigenvalue weighted by Crippen LogP contribution is -2.51. The highest BCUT2D eigenvalue weighted by atomic mass is 19.1. The fraction of sp³-hybridized carbons (Fsp3) is 0.324. The molecule has 3 amide bonds. The molecule has 0 spiro atoms. The molecule has 9 nitrogen and oxygen atoms in total. The average molecular weight is 597 g/mol. The lowest BCUT2D eigenvalue weighted by Gasteiger charge is -2.29. The first-order chi connectivity index (χ1) is 21.3. The fourth-order valence-corrected chi connectivity index (χ4v) is 6.40. The van der Waals surface area contributed by atoms with Crippen molar-refractivity contribution in [3.05, 3.63) is 101 Å². The lowest BCUT2D eigenvalue weighted by atomic mass is 9.84. The molecule has 3 aromatic carbocycles. The SMILES string of the molecule is COC(=O)c1cccc(C(=O)N[C@H]2N=C(c3ccccc3F)c3ccccc3N(CC(=O)N3CC4CCC(CC4)C3)C2=O)c1. The summed E-state index contributed by atoms with van der Waals surface area (Å²) >= 11 is 0. The van der Waals surface area contributed by atoms with Crippen molar-refractivity contribution in [2.24, 2.45) is 16.8 Å². The third kappa shape index (κ3) is 5.84. The van der Waals surface area contributed by atoms with Gasteiger partial charge >= 0.3 is 5.97 Å². The number of anilines is 1. The van der Waals surface area contributed by atoms with Crippen LogP contribution in [0.25, 0.3) is 0 Å². The normalized spacial score (nSPS) is 21.1. The molecule has 2 bridgehead atoms. The van der Waals surface area contributed by atoms with E-state index in [0.29, 0.717) is 36.2 Å². The van der Waals surface area contributed by atoms with Crippen molar-refractivity contribution in [1.82, 2.24) is 10.2 Å². The van der Waals surface area contributed by atoms with Gasteiger partial charge < -0.3 is 15.0 Å². The van der Waals surface area contributed by atoms with Gasteiger partial charge in [0.15, 0.2) is 0 Å². The third-order valence-electron chi connectivity index (χ3n) is 8.72. The number of halogens is 1. The van der Waals surface area contributed by atoms with E-state index in [4.69, 9.17) is 4.74 Å². The van der Waals surface area contributed by atoms with Crippen molar-refractivity contribution >= 4 is 35.1 Å². The maximum atomic E-state index is 15.2. The summed E-state index contributed by atoms with van der Waals surface area (Å²) in [5.41, 5.74) is 1.44. The Kier molecular flexibility index (Phi) is 8.23. The van der Waals surface area contributed by atoms with Gasteiger partial charge in [-0.05, 0) is 73.9 Å². The second-order valence-electron chi connectivity index (χ2n) is 11.5. The molecule has 2 saturated heterocycles. The molecule has 1 atom stereocenters. The molecule has 3 aromatic rings. The Morgan fingerprint density at radius 3 is 2.20 bits per heavy atom. The van der Waals surface area contributed by atoms with Crippen LogP contribution in [0.2, 0.25) is 0 Å². The molecule has 44 heavy (non-hydrogen) atoms. The van der Waals surface area contributed by atoms with Crippen molar-refractivity contribution in [2.45, 2.75) is 31.8 Å². The van der Waals surface area contributed by atoms with Crippen LogP contribution in [0.15, 0.2) is 77.8 Å². The first-order valence-corrected chi connectivity index (χ1v) is 14.8. The number of hydrogen-bond donors (Lipinski definition) is 1. The van der Waals surface area contributed by atoms with Gasteiger partial charge in [0.1, 0.15) is 12.4 Å². The Hall–Kier alpha value is -4.86. The minimum atomic E-state index is -1.49. The van der Waals surface area contributed by atoms with Crippen molar-refractivity contribution in [2.75, 3.05) is 31.6 Å². The van der Waals surface area contributed by atoms with Crippen LogP contribution in [-0.4, -0.2) is 67.2 Å². The van der Waals surface area contributed by atoms with E-state index in [0.717, 1.165) is 25.7 Å². The largest absolute Gasteiger partial charge is 0.465 e. The molecular weight excluding hydrogens is 563 g/mol. The Bertz CT molecular complexity index is 1630. The van der Waals surface area contributed by atoms with Crippen LogP contribution in [0.3, 0.4) is 0 Å². The summed E-state index contributed by atoms with van der Waals surface area (Å²) in [7, 11) is 1.24. The van der Waals surface area contributed by atoms with Gasteiger partial charge in [-0.3, -0.25) is 19.3 Å². The van der Waals surface area contributed by atoms with E-state index in [9.17, 15) is 19.2 Å². The number of methoxy groups -OCH3 is 1. The van der Waals surface area contributed by atoms with Gasteiger partial charge in [-0.25, -0.2) is 14.2 Å². The Balaban J connectivity index is 1.38. The summed E-state index contributed by atoms with van der Waals surface area (Å²) in [6.45, 7) is 1.07. The highest BCUT2D eigenvalue weighted by molar-refractivity contribution is 6.21. The maximum absolute atomic E-state index is 15.2. The second-order valence-corrected chi connectivity index (χ2v) is 11.5. The van der Waals surface area contributed by atoms with Crippen LogP contribution in [0.1, 0.15) is 57.5 Å². The molecule has 3 heterocycles. The van der Waals surface area contributed by atoms with Crippen LogP contribution in [-0.2, 0) is 14.3 Å². The van der Waals surface area contributed by atoms with Crippen molar-refractivity contribution < 1.29 is 28.3 Å². The van der Waals surface area contributed by atoms with Crippen LogP contribution in [0.4, 0.5) is 10.1 Å². The number of ether oxygens (including phenoxy) is 1. The zero-order chi connectivity index (χ0) is 30.8. The van der Waals surface area contributed by atoms with Crippen LogP contribution < -0.4 is 10.2 Å².